The second kappa shape index (κ2) is 5.04. The van der Waals surface area contributed by atoms with Gasteiger partial charge in [-0.2, -0.15) is 0 Å². The molecule has 1 aromatic carbocycles. The van der Waals surface area contributed by atoms with E-state index in [2.05, 4.69) is 15.3 Å². The Hall–Kier alpha value is -2.83. The molecule has 2 aromatic rings. The van der Waals surface area contributed by atoms with Crippen LogP contribution in [0.5, 0.6) is 11.5 Å². The number of anilines is 1. The fourth-order valence-electron chi connectivity index (χ4n) is 1.77. The maximum Gasteiger partial charge on any atom is 0.356 e. The molecular formula is C13H11N3O4. The quantitative estimate of drug-likeness (QED) is 0.872. The van der Waals surface area contributed by atoms with Crippen LogP contribution in [0.3, 0.4) is 0 Å². The van der Waals surface area contributed by atoms with Gasteiger partial charge in [0.2, 0.25) is 6.79 Å². The van der Waals surface area contributed by atoms with Crippen LogP contribution in [0.25, 0.3) is 0 Å². The van der Waals surface area contributed by atoms with Crippen molar-refractivity contribution in [2.75, 3.05) is 12.1 Å². The molecule has 2 heterocycles. The summed E-state index contributed by atoms with van der Waals surface area (Å²) in [6, 6.07) is 5.65. The Bertz CT molecular complexity index is 643. The van der Waals surface area contributed by atoms with Crippen LogP contribution in [0.4, 0.5) is 5.82 Å². The summed E-state index contributed by atoms with van der Waals surface area (Å²) >= 11 is 0. The number of ether oxygens (including phenoxy) is 2. The van der Waals surface area contributed by atoms with Gasteiger partial charge in [0.15, 0.2) is 17.2 Å². The number of nitrogens with one attached hydrogen (secondary N) is 1. The average molecular weight is 273 g/mol. The van der Waals surface area contributed by atoms with Crippen molar-refractivity contribution in [2.24, 2.45) is 0 Å². The van der Waals surface area contributed by atoms with Gasteiger partial charge >= 0.3 is 5.97 Å². The van der Waals surface area contributed by atoms with Gasteiger partial charge in [-0.05, 0) is 17.7 Å². The number of carboxylic acid groups (broad SMARTS) is 1. The summed E-state index contributed by atoms with van der Waals surface area (Å²) < 4.78 is 10.5. The number of carboxylic acids is 1. The molecule has 0 bridgehead atoms. The van der Waals surface area contributed by atoms with E-state index in [1.54, 1.807) is 0 Å². The highest BCUT2D eigenvalue weighted by Gasteiger charge is 2.13. The highest BCUT2D eigenvalue weighted by molar-refractivity contribution is 5.84. The largest absolute Gasteiger partial charge is 0.476 e. The Labute approximate surface area is 114 Å². The van der Waals surface area contributed by atoms with Gasteiger partial charge in [-0.1, -0.05) is 6.07 Å². The van der Waals surface area contributed by atoms with E-state index in [4.69, 9.17) is 14.6 Å². The first-order valence-electron chi connectivity index (χ1n) is 5.90. The molecular weight excluding hydrogens is 262 g/mol. The molecule has 0 amide bonds. The lowest BCUT2D eigenvalue weighted by molar-refractivity contribution is 0.0690. The van der Waals surface area contributed by atoms with Crippen molar-refractivity contribution in [1.29, 1.82) is 0 Å². The van der Waals surface area contributed by atoms with E-state index in [1.165, 1.54) is 12.4 Å². The number of nitrogens with zero attached hydrogens (tertiary/aromatic N) is 2. The van der Waals surface area contributed by atoms with Crippen molar-refractivity contribution in [3.8, 4) is 11.5 Å². The minimum absolute atomic E-state index is 0.0846. The van der Waals surface area contributed by atoms with Crippen molar-refractivity contribution in [3.63, 3.8) is 0 Å². The zero-order valence-corrected chi connectivity index (χ0v) is 10.4. The van der Waals surface area contributed by atoms with Crippen LogP contribution in [-0.4, -0.2) is 27.8 Å². The molecule has 0 radical (unpaired) electrons. The summed E-state index contributed by atoms with van der Waals surface area (Å²) in [5, 5.41) is 11.8. The van der Waals surface area contributed by atoms with E-state index in [9.17, 15) is 4.79 Å². The molecule has 3 rings (SSSR count). The fourth-order valence-corrected chi connectivity index (χ4v) is 1.77. The molecule has 102 valence electrons. The third-order valence-corrected chi connectivity index (χ3v) is 2.78. The molecule has 2 N–H and O–H groups in total. The Kier molecular flexibility index (Phi) is 3.08. The molecule has 0 saturated heterocycles. The molecule has 0 spiro atoms. The molecule has 7 nitrogen and oxygen atoms in total. The zero-order valence-electron chi connectivity index (χ0n) is 10.4. The highest BCUT2D eigenvalue weighted by atomic mass is 16.7. The van der Waals surface area contributed by atoms with Gasteiger partial charge < -0.3 is 19.9 Å². The van der Waals surface area contributed by atoms with Crippen LogP contribution < -0.4 is 14.8 Å². The Morgan fingerprint density at radius 2 is 2.10 bits per heavy atom. The summed E-state index contributed by atoms with van der Waals surface area (Å²) in [7, 11) is 0. The van der Waals surface area contributed by atoms with Crippen LogP contribution in [0, 0.1) is 0 Å². The lowest BCUT2D eigenvalue weighted by Gasteiger charge is -2.06. The molecule has 20 heavy (non-hydrogen) atoms. The molecule has 1 aliphatic heterocycles. The predicted molar refractivity (Wildman–Crippen MR) is 68.9 cm³/mol. The van der Waals surface area contributed by atoms with E-state index in [0.29, 0.717) is 12.4 Å². The van der Waals surface area contributed by atoms with E-state index in [0.717, 1.165) is 17.1 Å². The van der Waals surface area contributed by atoms with Crippen molar-refractivity contribution in [2.45, 2.75) is 6.54 Å². The van der Waals surface area contributed by atoms with Gasteiger partial charge in [0.05, 0.1) is 12.4 Å². The zero-order chi connectivity index (χ0) is 13.9. The Morgan fingerprint density at radius 1 is 1.25 bits per heavy atom. The molecule has 1 aliphatic rings. The first kappa shape index (κ1) is 12.2. The summed E-state index contributed by atoms with van der Waals surface area (Å²) in [6.45, 7) is 0.770. The number of hydrogen-bond donors (Lipinski definition) is 2. The smallest absolute Gasteiger partial charge is 0.356 e. The second-order valence-corrected chi connectivity index (χ2v) is 4.13. The van der Waals surface area contributed by atoms with Crippen molar-refractivity contribution in [1.82, 2.24) is 9.97 Å². The maximum atomic E-state index is 10.7. The number of aromatic nitrogens is 2. The first-order chi connectivity index (χ1) is 9.72. The summed E-state index contributed by atoms with van der Waals surface area (Å²) in [5.74, 6) is 0.864. The monoisotopic (exact) mass is 273 g/mol. The number of hydrogen-bond acceptors (Lipinski definition) is 6. The van der Waals surface area contributed by atoms with Gasteiger partial charge in [-0.25, -0.2) is 14.8 Å². The SMILES string of the molecule is O=C(O)c1cnc(NCc2ccc3c(c2)OCO3)cn1. The van der Waals surface area contributed by atoms with Crippen molar-refractivity contribution < 1.29 is 19.4 Å². The fraction of sp³-hybridized carbons (Fsp3) is 0.154. The Morgan fingerprint density at radius 3 is 2.85 bits per heavy atom. The third-order valence-electron chi connectivity index (χ3n) is 2.78. The summed E-state index contributed by atoms with van der Waals surface area (Å²) in [5.41, 5.74) is 0.914. The van der Waals surface area contributed by atoms with Gasteiger partial charge in [0.1, 0.15) is 5.82 Å². The lowest BCUT2D eigenvalue weighted by atomic mass is 10.2. The molecule has 7 heteroatoms. The molecule has 0 unspecified atom stereocenters. The van der Waals surface area contributed by atoms with E-state index in [1.807, 2.05) is 18.2 Å². The summed E-state index contributed by atoms with van der Waals surface area (Å²) in [6.07, 6.45) is 2.60. The number of rotatable bonds is 4. The maximum absolute atomic E-state index is 10.7. The number of fused-ring (bicyclic) bond motifs is 1. The number of benzene rings is 1. The van der Waals surface area contributed by atoms with Crippen LogP contribution in [0.1, 0.15) is 16.1 Å². The van der Waals surface area contributed by atoms with Crippen LogP contribution in [0.15, 0.2) is 30.6 Å². The normalized spacial score (nSPS) is 12.2. The second-order valence-electron chi connectivity index (χ2n) is 4.13. The van der Waals surface area contributed by atoms with E-state index in [-0.39, 0.29) is 12.5 Å². The van der Waals surface area contributed by atoms with Crippen molar-refractivity contribution >= 4 is 11.8 Å². The predicted octanol–water partition coefficient (Wildman–Crippen LogP) is 1.52. The Balaban J connectivity index is 1.65. The first-order valence-corrected chi connectivity index (χ1v) is 5.90. The van der Waals surface area contributed by atoms with E-state index >= 15 is 0 Å². The van der Waals surface area contributed by atoms with Crippen LogP contribution in [-0.2, 0) is 6.54 Å². The molecule has 0 aliphatic carbocycles. The summed E-state index contributed by atoms with van der Waals surface area (Å²) in [4.78, 5) is 18.4. The van der Waals surface area contributed by atoms with Crippen molar-refractivity contribution in [3.05, 3.63) is 41.9 Å². The topological polar surface area (TPSA) is 93.6 Å². The molecule has 0 saturated carbocycles. The highest BCUT2D eigenvalue weighted by Crippen LogP contribution is 2.32. The molecule has 1 aromatic heterocycles. The molecule has 0 fully saturated rings. The third kappa shape index (κ3) is 2.46. The van der Waals surface area contributed by atoms with Gasteiger partial charge in [-0.3, -0.25) is 0 Å². The van der Waals surface area contributed by atoms with Gasteiger partial charge in [0, 0.05) is 6.54 Å². The lowest BCUT2D eigenvalue weighted by Crippen LogP contribution is -2.05. The van der Waals surface area contributed by atoms with Crippen LogP contribution >= 0.6 is 0 Å². The molecule has 0 atom stereocenters. The van der Waals surface area contributed by atoms with Gasteiger partial charge in [-0.15, -0.1) is 0 Å². The number of carbonyl (C=O) groups is 1. The van der Waals surface area contributed by atoms with Gasteiger partial charge in [0.25, 0.3) is 0 Å². The standard InChI is InChI=1S/C13H11N3O4/c17-13(18)9-5-16-12(6-14-9)15-4-8-1-2-10-11(3-8)20-7-19-10/h1-3,5-6H,4,7H2,(H,15,16)(H,17,18). The average Bonchev–Trinajstić information content (AvgIpc) is 2.93. The minimum Gasteiger partial charge on any atom is -0.476 e. The van der Waals surface area contributed by atoms with Crippen LogP contribution in [0.2, 0.25) is 0 Å². The minimum atomic E-state index is -1.10. The van der Waals surface area contributed by atoms with E-state index < -0.39 is 5.97 Å². The number of aromatic carboxylic acids is 1.